The second kappa shape index (κ2) is 5.43. The van der Waals surface area contributed by atoms with Gasteiger partial charge in [0.1, 0.15) is 0 Å². The number of hydrogen-bond donors (Lipinski definition) is 0. The molecule has 0 amide bonds. The van der Waals surface area contributed by atoms with Crippen LogP contribution in [-0.4, -0.2) is 15.0 Å². The molecule has 3 nitrogen and oxygen atoms in total. The van der Waals surface area contributed by atoms with Crippen LogP contribution < -0.4 is 0 Å². The maximum atomic E-state index is 12.8. The molecule has 0 saturated carbocycles. The van der Waals surface area contributed by atoms with E-state index in [0.29, 0.717) is 10.8 Å². The van der Waals surface area contributed by atoms with Gasteiger partial charge in [0, 0.05) is 5.56 Å². The average molecular weight is 343 g/mol. The Bertz CT molecular complexity index is 864. The second-order valence-electron chi connectivity index (χ2n) is 4.83. The molecule has 0 aliphatic heterocycles. The number of rotatable bonds is 1. The molecule has 0 bridgehead atoms. The van der Waals surface area contributed by atoms with Crippen LogP contribution in [0.15, 0.2) is 42.5 Å². The first kappa shape index (κ1) is 16.2. The Labute approximate surface area is 131 Å². The summed E-state index contributed by atoms with van der Waals surface area (Å²) in [6, 6.07) is 11.1. The highest BCUT2D eigenvalue weighted by molar-refractivity contribution is 5.94. The molecule has 0 aliphatic rings. The monoisotopic (exact) mass is 343 g/mol. The van der Waals surface area contributed by atoms with Gasteiger partial charge >= 0.3 is 12.4 Å². The largest absolute Gasteiger partial charge is 0.451 e. The first-order valence-corrected chi connectivity index (χ1v) is 6.55. The van der Waals surface area contributed by atoms with Crippen molar-refractivity contribution >= 4 is 10.8 Å². The zero-order valence-corrected chi connectivity index (χ0v) is 11.7. The van der Waals surface area contributed by atoms with Crippen LogP contribution in [0, 0.1) is 0 Å². The maximum absolute atomic E-state index is 12.8. The molecule has 0 atom stereocenters. The van der Waals surface area contributed by atoms with Gasteiger partial charge < -0.3 is 0 Å². The molecular formula is C15H7F6N3. The fraction of sp³-hybridized carbons (Fsp3) is 0.133. The van der Waals surface area contributed by atoms with Crippen LogP contribution >= 0.6 is 0 Å². The second-order valence-corrected chi connectivity index (χ2v) is 4.83. The highest BCUT2D eigenvalue weighted by Gasteiger charge is 2.41. The number of aromatic nitrogens is 3. The Morgan fingerprint density at radius 3 is 1.75 bits per heavy atom. The topological polar surface area (TPSA) is 38.7 Å². The van der Waals surface area contributed by atoms with E-state index in [0.717, 1.165) is 0 Å². The molecule has 1 aromatic heterocycles. The van der Waals surface area contributed by atoms with E-state index in [2.05, 4.69) is 15.0 Å². The van der Waals surface area contributed by atoms with Gasteiger partial charge in [-0.05, 0) is 10.8 Å². The molecule has 24 heavy (non-hydrogen) atoms. The van der Waals surface area contributed by atoms with Crippen molar-refractivity contribution in [2.45, 2.75) is 12.4 Å². The fourth-order valence-electron chi connectivity index (χ4n) is 2.17. The first-order chi connectivity index (χ1) is 11.2. The smallest absolute Gasteiger partial charge is 0.204 e. The predicted octanol–water partition coefficient (Wildman–Crippen LogP) is 4.73. The third kappa shape index (κ3) is 3.01. The van der Waals surface area contributed by atoms with Gasteiger partial charge in [-0.25, -0.2) is 15.0 Å². The van der Waals surface area contributed by atoms with E-state index in [1.165, 1.54) is 12.1 Å². The van der Waals surface area contributed by atoms with Gasteiger partial charge in [0.25, 0.3) is 0 Å². The summed E-state index contributed by atoms with van der Waals surface area (Å²) in [5, 5.41) is 1.07. The summed E-state index contributed by atoms with van der Waals surface area (Å²) in [4.78, 5) is 8.89. The number of hydrogen-bond acceptors (Lipinski definition) is 3. The predicted molar refractivity (Wildman–Crippen MR) is 72.8 cm³/mol. The van der Waals surface area contributed by atoms with Crippen LogP contribution in [0.2, 0.25) is 0 Å². The standard InChI is InChI=1S/C15H7F6N3/c16-14(17,18)12-22-11(23-13(24-12)15(19,20)21)10-7-3-5-8-4-1-2-6-9(8)10/h1-7H. The lowest BCUT2D eigenvalue weighted by molar-refractivity contribution is -0.155. The van der Waals surface area contributed by atoms with Crippen molar-refractivity contribution in [2.24, 2.45) is 0 Å². The van der Waals surface area contributed by atoms with Crippen LogP contribution in [0.25, 0.3) is 22.2 Å². The molecule has 0 fully saturated rings. The molecule has 0 spiro atoms. The molecule has 2 aromatic carbocycles. The maximum Gasteiger partial charge on any atom is 0.451 e. The van der Waals surface area contributed by atoms with Crippen molar-refractivity contribution in [2.75, 3.05) is 0 Å². The molecule has 1 heterocycles. The molecular weight excluding hydrogens is 336 g/mol. The van der Waals surface area contributed by atoms with E-state index in [-0.39, 0.29) is 5.56 Å². The van der Waals surface area contributed by atoms with E-state index in [4.69, 9.17) is 0 Å². The van der Waals surface area contributed by atoms with Crippen LogP contribution in [-0.2, 0) is 12.4 Å². The quantitative estimate of drug-likeness (QED) is 0.600. The van der Waals surface area contributed by atoms with E-state index >= 15 is 0 Å². The number of nitrogens with zero attached hydrogens (tertiary/aromatic N) is 3. The molecule has 3 rings (SSSR count). The number of halogens is 6. The molecule has 0 unspecified atom stereocenters. The van der Waals surface area contributed by atoms with Gasteiger partial charge in [-0.3, -0.25) is 0 Å². The lowest BCUT2D eigenvalue weighted by Crippen LogP contribution is -2.19. The van der Waals surface area contributed by atoms with Crippen LogP contribution in [0.4, 0.5) is 26.3 Å². The Balaban J connectivity index is 2.30. The van der Waals surface area contributed by atoms with Gasteiger partial charge in [-0.1, -0.05) is 42.5 Å². The van der Waals surface area contributed by atoms with Gasteiger partial charge in [0.2, 0.25) is 11.6 Å². The summed E-state index contributed by atoms with van der Waals surface area (Å²) in [7, 11) is 0. The highest BCUT2D eigenvalue weighted by Crippen LogP contribution is 2.34. The molecule has 9 heteroatoms. The summed E-state index contributed by atoms with van der Waals surface area (Å²) in [6.07, 6.45) is -10.2. The third-order valence-corrected chi connectivity index (χ3v) is 3.17. The van der Waals surface area contributed by atoms with Gasteiger partial charge in [-0.15, -0.1) is 0 Å². The Kier molecular flexibility index (Phi) is 3.66. The lowest BCUT2D eigenvalue weighted by atomic mass is 10.0. The minimum Gasteiger partial charge on any atom is -0.204 e. The SMILES string of the molecule is FC(F)(F)c1nc(-c2cccc3ccccc23)nc(C(F)(F)F)n1. The van der Waals surface area contributed by atoms with E-state index in [1.807, 2.05) is 0 Å². The summed E-state index contributed by atoms with van der Waals surface area (Å²) in [5.74, 6) is -4.44. The van der Waals surface area contributed by atoms with Crippen molar-refractivity contribution in [3.05, 3.63) is 54.1 Å². The molecule has 0 aliphatic carbocycles. The summed E-state index contributed by atoms with van der Waals surface area (Å²) in [5.41, 5.74) is 0.0616. The van der Waals surface area contributed by atoms with Crippen molar-refractivity contribution < 1.29 is 26.3 Å². The average Bonchev–Trinajstić information content (AvgIpc) is 2.52. The molecule has 0 saturated heterocycles. The Morgan fingerprint density at radius 1 is 0.625 bits per heavy atom. The lowest BCUT2D eigenvalue weighted by Gasteiger charge is -2.12. The van der Waals surface area contributed by atoms with Crippen molar-refractivity contribution in [1.29, 1.82) is 0 Å². The summed E-state index contributed by atoms with van der Waals surface area (Å²) in [6.45, 7) is 0. The Hall–Kier alpha value is -2.71. The Morgan fingerprint density at radius 2 is 1.17 bits per heavy atom. The minimum atomic E-state index is -5.12. The number of fused-ring (bicyclic) bond motifs is 1. The molecule has 3 aromatic rings. The third-order valence-electron chi connectivity index (χ3n) is 3.17. The summed E-state index contributed by atoms with van der Waals surface area (Å²) < 4.78 is 77.1. The van der Waals surface area contributed by atoms with Gasteiger partial charge in [0.05, 0.1) is 0 Å². The van der Waals surface area contributed by atoms with Gasteiger partial charge in [0.15, 0.2) is 5.82 Å². The van der Waals surface area contributed by atoms with Crippen LogP contribution in [0.5, 0.6) is 0 Å². The van der Waals surface area contributed by atoms with E-state index in [9.17, 15) is 26.3 Å². The van der Waals surface area contributed by atoms with Crippen molar-refractivity contribution in [3.63, 3.8) is 0 Å². The zero-order valence-electron chi connectivity index (χ0n) is 11.7. The first-order valence-electron chi connectivity index (χ1n) is 6.55. The van der Waals surface area contributed by atoms with Crippen molar-refractivity contribution in [1.82, 2.24) is 15.0 Å². The van der Waals surface area contributed by atoms with Gasteiger partial charge in [-0.2, -0.15) is 26.3 Å². The van der Waals surface area contributed by atoms with Crippen LogP contribution in [0.1, 0.15) is 11.6 Å². The molecule has 0 N–H and O–H groups in total. The van der Waals surface area contributed by atoms with E-state index < -0.39 is 29.8 Å². The summed E-state index contributed by atoms with van der Waals surface area (Å²) >= 11 is 0. The van der Waals surface area contributed by atoms with Crippen molar-refractivity contribution in [3.8, 4) is 11.4 Å². The fourth-order valence-corrected chi connectivity index (χ4v) is 2.17. The minimum absolute atomic E-state index is 0.0616. The molecule has 0 radical (unpaired) electrons. The normalized spacial score (nSPS) is 12.6. The highest BCUT2D eigenvalue weighted by atomic mass is 19.4. The zero-order chi connectivity index (χ0) is 17.5. The number of benzene rings is 2. The molecule has 124 valence electrons. The van der Waals surface area contributed by atoms with Crippen LogP contribution in [0.3, 0.4) is 0 Å². The van der Waals surface area contributed by atoms with E-state index in [1.54, 1.807) is 30.3 Å². The number of alkyl halides is 6.